The van der Waals surface area contributed by atoms with E-state index in [-0.39, 0.29) is 39.6 Å². The van der Waals surface area contributed by atoms with Crippen LogP contribution in [0.3, 0.4) is 0 Å². The fraction of sp³-hybridized carbons (Fsp3) is 0.417. The van der Waals surface area contributed by atoms with Crippen molar-refractivity contribution in [1.82, 2.24) is 0 Å². The Labute approximate surface area is 107 Å². The molecular weight excluding hydrogens is 254 g/mol. The number of rotatable bonds is 2. The smallest absolute Gasteiger partial charge is 0.348 e. The van der Waals surface area contributed by atoms with Crippen molar-refractivity contribution in [2.45, 2.75) is 13.8 Å². The van der Waals surface area contributed by atoms with Crippen molar-refractivity contribution in [3.8, 4) is 0 Å². The van der Waals surface area contributed by atoms with Gasteiger partial charge in [-0.1, -0.05) is 13.8 Å². The van der Waals surface area contributed by atoms with Crippen LogP contribution in [-0.2, 0) is 9.59 Å². The molecule has 0 spiro atoms. The van der Waals surface area contributed by atoms with Crippen molar-refractivity contribution in [3.05, 3.63) is 16.3 Å². The van der Waals surface area contributed by atoms with Gasteiger partial charge in [0.1, 0.15) is 4.88 Å². The first-order valence-corrected chi connectivity index (χ1v) is 6.44. The average Bonchev–Trinajstić information content (AvgIpc) is 2.64. The summed E-state index contributed by atoms with van der Waals surface area (Å²) in [6.07, 6.45) is 0. The van der Waals surface area contributed by atoms with E-state index < -0.39 is 5.97 Å². The minimum Gasteiger partial charge on any atom is -0.477 e. The summed E-state index contributed by atoms with van der Waals surface area (Å²) in [5.74, 6) is -2.22. The van der Waals surface area contributed by atoms with Gasteiger partial charge in [-0.15, -0.1) is 11.3 Å². The molecule has 1 saturated carbocycles. The number of nitrogens with zero attached hydrogens (tertiary/aromatic N) is 1. The molecule has 2 amide bonds. The first-order valence-electron chi connectivity index (χ1n) is 5.56. The molecule has 1 N–H and O–H groups in total. The number of hydrogen-bond donors (Lipinski definition) is 1. The topological polar surface area (TPSA) is 74.7 Å². The van der Waals surface area contributed by atoms with E-state index in [1.807, 2.05) is 13.8 Å². The van der Waals surface area contributed by atoms with Crippen LogP contribution in [0.15, 0.2) is 11.4 Å². The number of carbonyl (C=O) groups excluding carboxylic acids is 2. The normalized spacial score (nSPS) is 28.4. The van der Waals surface area contributed by atoms with Gasteiger partial charge in [0.15, 0.2) is 0 Å². The predicted molar refractivity (Wildman–Crippen MR) is 64.5 cm³/mol. The van der Waals surface area contributed by atoms with Crippen LogP contribution in [0.25, 0.3) is 0 Å². The molecule has 0 bridgehead atoms. The number of aromatic carboxylic acids is 1. The summed E-state index contributed by atoms with van der Waals surface area (Å²) in [7, 11) is 0. The molecule has 0 radical (unpaired) electrons. The molecule has 1 aromatic rings. The SMILES string of the molecule is CC1(C)C2C(=O)N(c3ccsc3C(=O)O)C(=O)C21. The predicted octanol–water partition coefficient (Wildman–Crippen LogP) is 1.59. The zero-order valence-corrected chi connectivity index (χ0v) is 10.7. The Morgan fingerprint density at radius 2 is 1.89 bits per heavy atom. The van der Waals surface area contributed by atoms with Gasteiger partial charge < -0.3 is 5.11 Å². The Hall–Kier alpha value is -1.69. The monoisotopic (exact) mass is 265 g/mol. The second-order valence-corrected chi connectivity index (χ2v) is 6.14. The van der Waals surface area contributed by atoms with Gasteiger partial charge in [0, 0.05) is 0 Å². The van der Waals surface area contributed by atoms with Crippen LogP contribution < -0.4 is 4.90 Å². The van der Waals surface area contributed by atoms with Crippen molar-refractivity contribution in [3.63, 3.8) is 0 Å². The molecule has 1 aliphatic heterocycles. The highest BCUT2D eigenvalue weighted by molar-refractivity contribution is 7.12. The van der Waals surface area contributed by atoms with E-state index >= 15 is 0 Å². The van der Waals surface area contributed by atoms with Crippen molar-refractivity contribution in [2.75, 3.05) is 4.90 Å². The molecule has 1 aliphatic carbocycles. The second-order valence-electron chi connectivity index (χ2n) is 5.23. The number of anilines is 1. The molecule has 18 heavy (non-hydrogen) atoms. The number of piperidine rings is 1. The van der Waals surface area contributed by atoms with Crippen LogP contribution in [0.4, 0.5) is 5.69 Å². The zero-order chi connectivity index (χ0) is 13.2. The maximum absolute atomic E-state index is 12.2. The van der Waals surface area contributed by atoms with Crippen LogP contribution in [0.2, 0.25) is 0 Å². The van der Waals surface area contributed by atoms with Gasteiger partial charge in [0.25, 0.3) is 0 Å². The van der Waals surface area contributed by atoms with Gasteiger partial charge in [-0.25, -0.2) is 9.69 Å². The maximum atomic E-state index is 12.2. The molecule has 3 rings (SSSR count). The van der Waals surface area contributed by atoms with Gasteiger partial charge in [0.2, 0.25) is 11.8 Å². The van der Waals surface area contributed by atoms with E-state index in [2.05, 4.69) is 0 Å². The van der Waals surface area contributed by atoms with Crippen molar-refractivity contribution in [1.29, 1.82) is 0 Å². The highest BCUT2D eigenvalue weighted by Crippen LogP contribution is 2.63. The fourth-order valence-electron chi connectivity index (χ4n) is 2.82. The third-order valence-corrected chi connectivity index (χ3v) is 4.77. The molecule has 2 fully saturated rings. The van der Waals surface area contributed by atoms with Crippen LogP contribution in [0, 0.1) is 17.3 Å². The number of thiophene rings is 1. The van der Waals surface area contributed by atoms with E-state index in [0.29, 0.717) is 0 Å². The minimum atomic E-state index is -1.11. The lowest BCUT2D eigenvalue weighted by Gasteiger charge is -2.19. The molecule has 2 unspecified atom stereocenters. The molecule has 2 atom stereocenters. The summed E-state index contributed by atoms with van der Waals surface area (Å²) >= 11 is 1.02. The molecular formula is C12H11NO4S. The van der Waals surface area contributed by atoms with E-state index in [1.54, 1.807) is 5.38 Å². The molecule has 2 aliphatic rings. The Balaban J connectivity index is 2.01. The lowest BCUT2D eigenvalue weighted by Crippen LogP contribution is -2.36. The van der Waals surface area contributed by atoms with E-state index in [4.69, 9.17) is 5.11 Å². The number of hydrogen-bond acceptors (Lipinski definition) is 4. The Bertz CT molecular complexity index is 565. The number of carboxylic acids is 1. The lowest BCUT2D eigenvalue weighted by molar-refractivity contribution is -0.125. The quantitative estimate of drug-likeness (QED) is 0.824. The van der Waals surface area contributed by atoms with Crippen LogP contribution in [0.5, 0.6) is 0 Å². The third-order valence-electron chi connectivity index (χ3n) is 3.88. The van der Waals surface area contributed by atoms with E-state index in [1.165, 1.54) is 6.07 Å². The van der Waals surface area contributed by atoms with Crippen LogP contribution >= 0.6 is 11.3 Å². The number of carbonyl (C=O) groups is 3. The summed E-state index contributed by atoms with van der Waals surface area (Å²) in [6.45, 7) is 3.78. The number of carboxylic acid groups (broad SMARTS) is 1. The zero-order valence-electron chi connectivity index (χ0n) is 9.84. The summed E-state index contributed by atoms with van der Waals surface area (Å²) in [5.41, 5.74) is -0.0603. The molecule has 1 aromatic heterocycles. The lowest BCUT2D eigenvalue weighted by atomic mass is 10.1. The van der Waals surface area contributed by atoms with Crippen molar-refractivity contribution >= 4 is 34.8 Å². The Morgan fingerprint density at radius 1 is 1.33 bits per heavy atom. The number of imide groups is 1. The molecule has 2 heterocycles. The number of fused-ring (bicyclic) bond motifs is 1. The first kappa shape index (κ1) is 11.4. The minimum absolute atomic E-state index is 0.0378. The molecule has 5 nitrogen and oxygen atoms in total. The summed E-state index contributed by atoms with van der Waals surface area (Å²) in [6, 6.07) is 1.52. The summed E-state index contributed by atoms with van der Waals surface area (Å²) in [4.78, 5) is 36.4. The summed E-state index contributed by atoms with van der Waals surface area (Å²) in [5, 5.41) is 10.6. The molecule has 6 heteroatoms. The average molecular weight is 265 g/mol. The van der Waals surface area contributed by atoms with Crippen LogP contribution in [0.1, 0.15) is 23.5 Å². The summed E-state index contributed by atoms with van der Waals surface area (Å²) < 4.78 is 0. The standard InChI is InChI=1S/C12H11NO4S/c1-12(2)6-7(12)10(15)13(9(6)14)5-3-4-18-8(5)11(16)17/h3-4,6-7H,1-2H3,(H,16,17). The van der Waals surface area contributed by atoms with Crippen molar-refractivity contribution < 1.29 is 19.5 Å². The van der Waals surface area contributed by atoms with Crippen LogP contribution in [-0.4, -0.2) is 22.9 Å². The second kappa shape index (κ2) is 3.20. The van der Waals surface area contributed by atoms with E-state index in [9.17, 15) is 14.4 Å². The van der Waals surface area contributed by atoms with Gasteiger partial charge >= 0.3 is 5.97 Å². The van der Waals surface area contributed by atoms with Crippen molar-refractivity contribution in [2.24, 2.45) is 17.3 Å². The fourth-order valence-corrected chi connectivity index (χ4v) is 3.54. The molecule has 94 valence electrons. The van der Waals surface area contributed by atoms with E-state index in [0.717, 1.165) is 16.2 Å². The maximum Gasteiger partial charge on any atom is 0.348 e. The largest absolute Gasteiger partial charge is 0.477 e. The molecule has 0 aromatic carbocycles. The van der Waals surface area contributed by atoms with Gasteiger partial charge in [-0.2, -0.15) is 0 Å². The Morgan fingerprint density at radius 3 is 2.39 bits per heavy atom. The van der Waals surface area contributed by atoms with Gasteiger partial charge in [-0.3, -0.25) is 9.59 Å². The first-order chi connectivity index (χ1) is 8.37. The highest BCUT2D eigenvalue weighted by atomic mass is 32.1. The highest BCUT2D eigenvalue weighted by Gasteiger charge is 2.72. The molecule has 1 saturated heterocycles. The Kier molecular flexibility index (Phi) is 2.03. The van der Waals surface area contributed by atoms with Gasteiger partial charge in [0.05, 0.1) is 17.5 Å². The third kappa shape index (κ3) is 1.18. The number of amides is 2. The van der Waals surface area contributed by atoms with Gasteiger partial charge in [-0.05, 0) is 16.9 Å².